The summed E-state index contributed by atoms with van der Waals surface area (Å²) in [6, 6.07) is 11.3. The summed E-state index contributed by atoms with van der Waals surface area (Å²) in [6.45, 7) is 13.7. The number of fused-ring (bicyclic) bond motifs is 1. The fourth-order valence-electron chi connectivity index (χ4n) is 9.46. The number of aliphatic hydroxyl groups is 1. The third kappa shape index (κ3) is 14.4. The van der Waals surface area contributed by atoms with Crippen LogP contribution in [0.5, 0.6) is 0 Å². The lowest BCUT2D eigenvalue weighted by Gasteiger charge is -2.44. The summed E-state index contributed by atoms with van der Waals surface area (Å²) in [7, 11) is 3.01. The maximum atomic E-state index is 13.4. The number of nitrogens with zero attached hydrogens (tertiary/aromatic N) is 7. The minimum atomic E-state index is -1.28. The topological polar surface area (TPSA) is 257 Å². The molecule has 5 aliphatic rings. The zero-order valence-corrected chi connectivity index (χ0v) is 43.7. The summed E-state index contributed by atoms with van der Waals surface area (Å²) >= 11 is 12.3. The van der Waals surface area contributed by atoms with Gasteiger partial charge in [-0.05, 0) is 65.8 Å². The van der Waals surface area contributed by atoms with E-state index >= 15 is 0 Å². The highest BCUT2D eigenvalue weighted by atomic mass is 35.5. The van der Waals surface area contributed by atoms with E-state index in [1.54, 1.807) is 70.7 Å². The van der Waals surface area contributed by atoms with E-state index in [1.807, 2.05) is 4.90 Å². The number of benzene rings is 2. The normalized spacial score (nSPS) is 28.0. The van der Waals surface area contributed by atoms with Gasteiger partial charge in [0.15, 0.2) is 29.9 Å². The second kappa shape index (κ2) is 24.2. The Morgan fingerprint density at radius 1 is 0.904 bits per heavy atom. The van der Waals surface area contributed by atoms with Crippen LogP contribution in [0.15, 0.2) is 46.6 Å². The Kier molecular flexibility index (Phi) is 18.7. The number of azo groups is 1. The number of carbonyl (C=O) groups is 2. The quantitative estimate of drug-likeness (QED) is 0.0510. The van der Waals surface area contributed by atoms with E-state index in [9.17, 15) is 30.1 Å². The molecule has 1 N–H and O–H groups in total. The van der Waals surface area contributed by atoms with E-state index in [-0.39, 0.29) is 66.3 Å². The number of esters is 1. The Balaban J connectivity index is 0.900. The number of nitriles is 1. The highest BCUT2D eigenvalue weighted by molar-refractivity contribution is 6.39. The first-order valence-corrected chi connectivity index (χ1v) is 24.9. The number of halogens is 2. The van der Waals surface area contributed by atoms with E-state index in [1.165, 1.54) is 14.2 Å². The molecule has 7 rings (SSSR count). The molecular formula is C48H65Cl2N7O16. The number of carbonyl (C=O) groups excluding carboxylic acids is 2. The lowest BCUT2D eigenvalue weighted by Crippen LogP contribution is -2.62. The molecule has 5 aliphatic heterocycles. The van der Waals surface area contributed by atoms with Gasteiger partial charge >= 0.3 is 5.97 Å². The number of hydrogen-bond acceptors (Lipinski definition) is 21. The van der Waals surface area contributed by atoms with Crippen molar-refractivity contribution in [2.24, 2.45) is 10.2 Å². The van der Waals surface area contributed by atoms with Gasteiger partial charge < -0.3 is 67.0 Å². The van der Waals surface area contributed by atoms with Crippen molar-refractivity contribution in [1.29, 1.82) is 5.26 Å². The number of methoxy groups -OCH3 is 2. The Labute approximate surface area is 433 Å². The standard InChI is InChI=1S/C48H65Cl2N7O16/c1-46(2)66-27-34(69-46)39(42-43(45(63-7)64-8)73-48(5,6)72-42)68-44-38(60)41-40(70-47(3,4)71-41)33(67-44)26-54-18-20-56(21-19-54)35(58)14-15-36(59)65-23-22-55(17-9-16-51)29-12-10-28(11-13-29)52-53-37-31(49)24-30(57(61)62)25-32(37)50/h10-13,24-25,33-34,38-45,60H,9,14-15,17-23,26-27H2,1-8H3/t33-,34-,38-,39-,40+,41-,42+,43-,44+/m1/s1. The number of hydrogen-bond donors (Lipinski definition) is 1. The number of nitro groups is 1. The molecule has 23 nitrogen and oxygen atoms in total. The second-order valence-corrected chi connectivity index (χ2v) is 20.3. The average molecular weight is 1070 g/mol. The van der Waals surface area contributed by atoms with Crippen molar-refractivity contribution in [3.63, 3.8) is 0 Å². The zero-order valence-electron chi connectivity index (χ0n) is 42.2. The van der Waals surface area contributed by atoms with Crippen LogP contribution in [-0.2, 0) is 61.7 Å². The van der Waals surface area contributed by atoms with Gasteiger partial charge in [-0.2, -0.15) is 10.4 Å². The number of amides is 1. The summed E-state index contributed by atoms with van der Waals surface area (Å²) < 4.78 is 67.7. The highest BCUT2D eigenvalue weighted by Gasteiger charge is 2.59. The number of anilines is 1. The average Bonchev–Trinajstić information content (AvgIpc) is 3.99. The summed E-state index contributed by atoms with van der Waals surface area (Å²) in [5.74, 6) is -3.72. The predicted molar refractivity (Wildman–Crippen MR) is 259 cm³/mol. The third-order valence-corrected chi connectivity index (χ3v) is 13.5. The van der Waals surface area contributed by atoms with Gasteiger partial charge in [-0.3, -0.25) is 24.6 Å². The molecule has 0 bridgehead atoms. The molecule has 73 heavy (non-hydrogen) atoms. The maximum absolute atomic E-state index is 13.4. The van der Waals surface area contributed by atoms with Gasteiger partial charge in [-0.1, -0.05) is 23.2 Å². The van der Waals surface area contributed by atoms with Crippen LogP contribution in [0, 0.1) is 21.4 Å². The molecule has 9 atom stereocenters. The van der Waals surface area contributed by atoms with E-state index in [4.69, 9.17) is 75.3 Å². The minimum absolute atomic E-state index is 0.0147. The summed E-state index contributed by atoms with van der Waals surface area (Å²) in [6.07, 6.45) is -8.49. The van der Waals surface area contributed by atoms with Gasteiger partial charge in [0.1, 0.15) is 61.1 Å². The molecule has 2 aromatic rings. The Bertz CT molecular complexity index is 2290. The second-order valence-electron chi connectivity index (χ2n) is 19.5. The number of piperazine rings is 1. The van der Waals surface area contributed by atoms with Gasteiger partial charge in [-0.15, -0.1) is 5.11 Å². The summed E-state index contributed by atoms with van der Waals surface area (Å²) in [5, 5.41) is 40.4. The van der Waals surface area contributed by atoms with Gasteiger partial charge in [-0.25, -0.2) is 0 Å². The molecule has 2 aromatic carbocycles. The molecular weight excluding hydrogens is 1000 g/mol. The minimum Gasteiger partial charge on any atom is -0.464 e. The molecule has 0 saturated carbocycles. The van der Waals surface area contributed by atoms with E-state index < -0.39 is 89.7 Å². The number of non-ortho nitro benzene ring substituents is 1. The lowest BCUT2D eigenvalue weighted by molar-refractivity contribution is -0.384. The van der Waals surface area contributed by atoms with Crippen molar-refractivity contribution in [2.45, 2.75) is 140 Å². The van der Waals surface area contributed by atoms with Crippen LogP contribution in [-0.4, -0.2) is 184 Å². The molecule has 5 saturated heterocycles. The number of ether oxygens (including phenoxy) is 11. The van der Waals surface area contributed by atoms with Gasteiger partial charge in [0.25, 0.3) is 5.69 Å². The monoisotopic (exact) mass is 1070 g/mol. The molecule has 5 heterocycles. The van der Waals surface area contributed by atoms with E-state index in [0.717, 1.165) is 17.8 Å². The zero-order chi connectivity index (χ0) is 52.8. The molecule has 0 unspecified atom stereocenters. The van der Waals surface area contributed by atoms with Crippen LogP contribution in [0.3, 0.4) is 0 Å². The summed E-state index contributed by atoms with van der Waals surface area (Å²) in [4.78, 5) is 42.4. The third-order valence-electron chi connectivity index (χ3n) is 12.9. The van der Waals surface area contributed by atoms with Crippen molar-refractivity contribution in [3.8, 4) is 6.07 Å². The van der Waals surface area contributed by atoms with Crippen molar-refractivity contribution in [2.75, 3.05) is 78.1 Å². The number of nitro benzene ring substituents is 1. The van der Waals surface area contributed by atoms with Crippen LogP contribution >= 0.6 is 23.2 Å². The van der Waals surface area contributed by atoms with E-state index in [0.29, 0.717) is 45.0 Å². The molecule has 0 spiro atoms. The first-order valence-electron chi connectivity index (χ1n) is 24.1. The van der Waals surface area contributed by atoms with Crippen LogP contribution in [0.25, 0.3) is 0 Å². The van der Waals surface area contributed by atoms with E-state index in [2.05, 4.69) is 21.2 Å². The Morgan fingerprint density at radius 2 is 1.55 bits per heavy atom. The summed E-state index contributed by atoms with van der Waals surface area (Å²) in [5.41, 5.74) is 0.981. The Morgan fingerprint density at radius 3 is 2.16 bits per heavy atom. The van der Waals surface area contributed by atoms with Crippen molar-refractivity contribution < 1.29 is 71.7 Å². The fourth-order valence-corrected chi connectivity index (χ4v) is 10.0. The molecule has 5 fully saturated rings. The molecule has 402 valence electrons. The van der Waals surface area contributed by atoms with Crippen LogP contribution < -0.4 is 4.90 Å². The largest absolute Gasteiger partial charge is 0.464 e. The van der Waals surface area contributed by atoms with Gasteiger partial charge in [0.05, 0.1) is 52.7 Å². The lowest BCUT2D eigenvalue weighted by atomic mass is 9.97. The predicted octanol–water partition coefficient (Wildman–Crippen LogP) is 5.79. The van der Waals surface area contributed by atoms with Gasteiger partial charge in [0, 0.05) is 77.7 Å². The first kappa shape index (κ1) is 56.5. The van der Waals surface area contributed by atoms with Crippen molar-refractivity contribution >= 4 is 57.8 Å². The molecule has 0 radical (unpaired) electrons. The molecule has 0 aliphatic carbocycles. The molecule has 0 aromatic heterocycles. The maximum Gasteiger partial charge on any atom is 0.306 e. The van der Waals surface area contributed by atoms with Crippen molar-refractivity contribution in [1.82, 2.24) is 9.80 Å². The highest BCUT2D eigenvalue weighted by Crippen LogP contribution is 2.43. The van der Waals surface area contributed by atoms with Crippen LogP contribution in [0.1, 0.15) is 60.8 Å². The van der Waals surface area contributed by atoms with Crippen LogP contribution in [0.4, 0.5) is 22.7 Å². The smallest absolute Gasteiger partial charge is 0.306 e. The SMILES string of the molecule is COC(OC)[C@@H]1OC(C)(C)O[C@H]1[C@H](O[C@@H]1O[C@H](CN2CCN(C(=O)CCC(=O)OCCN(CCC#N)c3ccc(N=Nc4c(Cl)cc([N+](=O)[O-])cc4Cl)cc3)CC2)[C@@H]2OC(C)(C)O[C@@H]2[C@H]1O)[C@H]1COC(C)(C)O1. The van der Waals surface area contributed by atoms with Crippen molar-refractivity contribution in [3.05, 3.63) is 56.6 Å². The number of aliphatic hydroxyl groups excluding tert-OH is 1. The molecule has 1 amide bonds. The Hall–Kier alpha value is -4.23. The molecule has 25 heteroatoms. The number of rotatable bonds is 21. The first-order chi connectivity index (χ1) is 34.6. The van der Waals surface area contributed by atoms with Gasteiger partial charge in [0.2, 0.25) is 5.91 Å². The van der Waals surface area contributed by atoms with Crippen LogP contribution in [0.2, 0.25) is 10.0 Å². The fraction of sp³-hybridized carbons (Fsp3) is 0.688.